The van der Waals surface area contributed by atoms with E-state index in [4.69, 9.17) is 5.73 Å². The third-order valence-corrected chi connectivity index (χ3v) is 3.46. The molecule has 0 saturated carbocycles. The summed E-state index contributed by atoms with van der Waals surface area (Å²) in [5, 5.41) is 0. The van der Waals surface area contributed by atoms with Crippen LogP contribution in [0.15, 0.2) is 18.2 Å². The first-order chi connectivity index (χ1) is 8.11. The minimum Gasteiger partial charge on any atom is -0.399 e. The quantitative estimate of drug-likeness (QED) is 0.797. The number of anilines is 1. The number of likely N-dealkylation sites (tertiary alicyclic amines) is 1. The van der Waals surface area contributed by atoms with Gasteiger partial charge in [0.05, 0.1) is 0 Å². The van der Waals surface area contributed by atoms with Gasteiger partial charge in [0.1, 0.15) is 0 Å². The van der Waals surface area contributed by atoms with Gasteiger partial charge in [-0.2, -0.15) is 0 Å². The lowest BCUT2D eigenvalue weighted by atomic mass is 10.1. The van der Waals surface area contributed by atoms with Crippen LogP contribution in [0.1, 0.15) is 42.1 Å². The van der Waals surface area contributed by atoms with Crippen LogP contribution in [0.4, 0.5) is 5.69 Å². The van der Waals surface area contributed by atoms with E-state index < -0.39 is 0 Å². The minimum atomic E-state index is 0.129. The molecule has 1 unspecified atom stereocenters. The summed E-state index contributed by atoms with van der Waals surface area (Å²) in [4.78, 5) is 14.4. The number of amides is 1. The van der Waals surface area contributed by atoms with Crippen molar-refractivity contribution in [1.29, 1.82) is 0 Å². The summed E-state index contributed by atoms with van der Waals surface area (Å²) in [5.41, 5.74) is 8.23. The summed E-state index contributed by atoms with van der Waals surface area (Å²) in [6.45, 7) is 4.99. The van der Waals surface area contributed by atoms with Crippen molar-refractivity contribution in [2.45, 2.75) is 39.2 Å². The maximum absolute atomic E-state index is 12.4. The zero-order valence-electron chi connectivity index (χ0n) is 10.6. The molecular formula is C14H20N2O. The molecule has 0 radical (unpaired) electrons. The molecule has 1 aliphatic heterocycles. The van der Waals surface area contributed by atoms with E-state index in [2.05, 4.69) is 6.92 Å². The summed E-state index contributed by atoms with van der Waals surface area (Å²) in [7, 11) is 0. The van der Waals surface area contributed by atoms with Gasteiger partial charge in [-0.15, -0.1) is 0 Å². The highest BCUT2D eigenvalue weighted by atomic mass is 16.2. The van der Waals surface area contributed by atoms with Gasteiger partial charge in [0.15, 0.2) is 0 Å². The van der Waals surface area contributed by atoms with Crippen LogP contribution in [0, 0.1) is 6.92 Å². The predicted octanol–water partition coefficient (Wildman–Crippen LogP) is 2.59. The molecule has 2 N–H and O–H groups in total. The Morgan fingerprint density at radius 2 is 2.24 bits per heavy atom. The monoisotopic (exact) mass is 232 g/mol. The maximum atomic E-state index is 12.4. The van der Waals surface area contributed by atoms with Gasteiger partial charge in [0.2, 0.25) is 0 Å². The predicted molar refractivity (Wildman–Crippen MR) is 69.9 cm³/mol. The van der Waals surface area contributed by atoms with E-state index in [9.17, 15) is 4.79 Å². The molecule has 0 spiro atoms. The van der Waals surface area contributed by atoms with E-state index in [1.54, 1.807) is 6.07 Å². The molecule has 2 rings (SSSR count). The van der Waals surface area contributed by atoms with Crippen LogP contribution in [0.25, 0.3) is 0 Å². The van der Waals surface area contributed by atoms with E-state index in [-0.39, 0.29) is 5.91 Å². The van der Waals surface area contributed by atoms with E-state index in [0.717, 1.165) is 36.9 Å². The van der Waals surface area contributed by atoms with Crippen LogP contribution >= 0.6 is 0 Å². The Hall–Kier alpha value is -1.51. The number of benzene rings is 1. The summed E-state index contributed by atoms with van der Waals surface area (Å²) in [6.07, 6.45) is 3.28. The number of hydrogen-bond donors (Lipinski definition) is 1. The van der Waals surface area contributed by atoms with Crippen molar-refractivity contribution in [2.24, 2.45) is 0 Å². The highest BCUT2D eigenvalue weighted by Crippen LogP contribution is 2.23. The Kier molecular flexibility index (Phi) is 3.36. The van der Waals surface area contributed by atoms with Crippen LogP contribution in [-0.2, 0) is 0 Å². The molecule has 1 heterocycles. The van der Waals surface area contributed by atoms with Crippen LogP contribution in [0.3, 0.4) is 0 Å². The molecule has 92 valence electrons. The van der Waals surface area contributed by atoms with Gasteiger partial charge < -0.3 is 10.6 Å². The summed E-state index contributed by atoms with van der Waals surface area (Å²) in [5.74, 6) is 0.129. The van der Waals surface area contributed by atoms with Crippen molar-refractivity contribution >= 4 is 11.6 Å². The third-order valence-electron chi connectivity index (χ3n) is 3.46. The normalized spacial score (nSPS) is 19.6. The molecule has 1 amide bonds. The second-order valence-corrected chi connectivity index (χ2v) is 4.84. The largest absolute Gasteiger partial charge is 0.399 e. The molecule has 0 aliphatic carbocycles. The topological polar surface area (TPSA) is 46.3 Å². The van der Waals surface area contributed by atoms with Crippen LogP contribution in [0.5, 0.6) is 0 Å². The van der Waals surface area contributed by atoms with Crippen molar-refractivity contribution in [3.8, 4) is 0 Å². The number of rotatable bonds is 2. The molecule has 3 nitrogen and oxygen atoms in total. The van der Waals surface area contributed by atoms with Crippen LogP contribution in [0.2, 0.25) is 0 Å². The molecular weight excluding hydrogens is 212 g/mol. The summed E-state index contributed by atoms with van der Waals surface area (Å²) in [6, 6.07) is 5.99. The first kappa shape index (κ1) is 12.0. The highest BCUT2D eigenvalue weighted by Gasteiger charge is 2.28. The maximum Gasteiger partial charge on any atom is 0.254 e. The van der Waals surface area contributed by atoms with Gasteiger partial charge in [0.25, 0.3) is 5.91 Å². The standard InChI is InChI=1S/C14H20N2O/c1-3-13-5-4-6-16(13)14(17)11-7-10(2)8-12(15)9-11/h7-9,13H,3-6,15H2,1-2H3. The van der Waals surface area contributed by atoms with Crippen LogP contribution in [-0.4, -0.2) is 23.4 Å². The van der Waals surface area contributed by atoms with Crippen molar-refractivity contribution < 1.29 is 4.79 Å². The van der Waals surface area contributed by atoms with Gasteiger partial charge >= 0.3 is 0 Å². The Balaban J connectivity index is 2.24. The smallest absolute Gasteiger partial charge is 0.254 e. The number of hydrogen-bond acceptors (Lipinski definition) is 2. The van der Waals surface area contributed by atoms with Crippen molar-refractivity contribution in [3.05, 3.63) is 29.3 Å². The fourth-order valence-electron chi connectivity index (χ4n) is 2.63. The Morgan fingerprint density at radius 3 is 2.88 bits per heavy atom. The Morgan fingerprint density at radius 1 is 1.47 bits per heavy atom. The fourth-order valence-corrected chi connectivity index (χ4v) is 2.63. The van der Waals surface area contributed by atoms with E-state index in [1.807, 2.05) is 24.0 Å². The zero-order chi connectivity index (χ0) is 12.4. The fraction of sp³-hybridized carbons (Fsp3) is 0.500. The third kappa shape index (κ3) is 2.43. The molecule has 0 aromatic heterocycles. The van der Waals surface area contributed by atoms with E-state index in [1.165, 1.54) is 0 Å². The number of nitrogen functional groups attached to an aromatic ring is 1. The van der Waals surface area contributed by atoms with Crippen molar-refractivity contribution in [1.82, 2.24) is 4.90 Å². The molecule has 0 bridgehead atoms. The first-order valence-electron chi connectivity index (χ1n) is 6.30. The van der Waals surface area contributed by atoms with Gasteiger partial charge in [-0.05, 0) is 49.9 Å². The van der Waals surface area contributed by atoms with E-state index in [0.29, 0.717) is 11.7 Å². The second kappa shape index (κ2) is 4.78. The van der Waals surface area contributed by atoms with Gasteiger partial charge in [-0.3, -0.25) is 4.79 Å². The molecule has 1 saturated heterocycles. The molecule has 3 heteroatoms. The number of nitrogens with two attached hydrogens (primary N) is 1. The minimum absolute atomic E-state index is 0.129. The Bertz CT molecular complexity index is 408. The van der Waals surface area contributed by atoms with Gasteiger partial charge in [-0.25, -0.2) is 0 Å². The SMILES string of the molecule is CCC1CCCN1C(=O)c1cc(C)cc(N)c1. The van der Waals surface area contributed by atoms with Crippen LogP contribution < -0.4 is 5.73 Å². The number of nitrogens with zero attached hydrogens (tertiary/aromatic N) is 1. The highest BCUT2D eigenvalue weighted by molar-refractivity contribution is 5.95. The number of carbonyl (C=O) groups excluding carboxylic acids is 1. The molecule has 1 aliphatic rings. The average molecular weight is 232 g/mol. The lowest BCUT2D eigenvalue weighted by Gasteiger charge is -2.24. The molecule has 1 aromatic rings. The van der Waals surface area contributed by atoms with Crippen molar-refractivity contribution in [2.75, 3.05) is 12.3 Å². The lowest BCUT2D eigenvalue weighted by molar-refractivity contribution is 0.0733. The zero-order valence-corrected chi connectivity index (χ0v) is 10.6. The van der Waals surface area contributed by atoms with Gasteiger partial charge in [0, 0.05) is 23.8 Å². The molecule has 1 atom stereocenters. The second-order valence-electron chi connectivity index (χ2n) is 4.84. The average Bonchev–Trinajstić information content (AvgIpc) is 2.74. The molecule has 1 fully saturated rings. The number of carbonyl (C=O) groups is 1. The summed E-state index contributed by atoms with van der Waals surface area (Å²) < 4.78 is 0. The number of aryl methyl sites for hydroxylation is 1. The van der Waals surface area contributed by atoms with Gasteiger partial charge in [-0.1, -0.05) is 6.92 Å². The first-order valence-corrected chi connectivity index (χ1v) is 6.30. The van der Waals surface area contributed by atoms with E-state index >= 15 is 0 Å². The molecule has 17 heavy (non-hydrogen) atoms. The summed E-state index contributed by atoms with van der Waals surface area (Å²) >= 11 is 0. The van der Waals surface area contributed by atoms with Crippen molar-refractivity contribution in [3.63, 3.8) is 0 Å². The lowest BCUT2D eigenvalue weighted by Crippen LogP contribution is -2.35. The Labute approximate surface area is 103 Å². The molecule has 1 aromatic carbocycles.